The Morgan fingerprint density at radius 2 is 1.61 bits per heavy atom. The van der Waals surface area contributed by atoms with E-state index in [1.165, 1.54) is 12.2 Å². The van der Waals surface area contributed by atoms with Gasteiger partial charge < -0.3 is 23.9 Å². The van der Waals surface area contributed by atoms with Crippen LogP contribution in [0.5, 0.6) is 0 Å². The van der Waals surface area contributed by atoms with Crippen LogP contribution >= 0.6 is 11.6 Å². The van der Waals surface area contributed by atoms with Gasteiger partial charge in [0.15, 0.2) is 5.78 Å². The predicted molar refractivity (Wildman–Crippen MR) is 89.1 cm³/mol. The number of carbonyl (C=O) groups is 2. The van der Waals surface area contributed by atoms with Crippen LogP contribution in [0.25, 0.3) is 0 Å². The lowest BCUT2D eigenvalue weighted by molar-refractivity contribution is -0.115. The van der Waals surface area contributed by atoms with E-state index in [0.29, 0.717) is 19.1 Å². The van der Waals surface area contributed by atoms with Gasteiger partial charge in [0.2, 0.25) is 5.78 Å². The van der Waals surface area contributed by atoms with Crippen LogP contribution < -0.4 is 10.6 Å². The predicted octanol–water partition coefficient (Wildman–Crippen LogP) is 0.592. The van der Waals surface area contributed by atoms with E-state index in [2.05, 4.69) is 10.6 Å². The first kappa shape index (κ1) is 20.0. The van der Waals surface area contributed by atoms with E-state index in [0.717, 1.165) is 13.0 Å². The van der Waals surface area contributed by atoms with Crippen LogP contribution in [0.4, 0.5) is 0 Å². The van der Waals surface area contributed by atoms with Gasteiger partial charge in [-0.25, -0.2) is 0 Å². The van der Waals surface area contributed by atoms with Gasteiger partial charge in [0, 0.05) is 40.5 Å². The van der Waals surface area contributed by atoms with Crippen molar-refractivity contribution in [2.45, 2.75) is 12.5 Å². The number of ketones is 2. The first-order valence-corrected chi connectivity index (χ1v) is 9.57. The number of nitrogens with one attached hydrogen (secondary N) is 2. The van der Waals surface area contributed by atoms with Crippen molar-refractivity contribution in [1.82, 2.24) is 10.6 Å². The van der Waals surface area contributed by atoms with Crippen molar-refractivity contribution in [3.05, 3.63) is 22.9 Å². The summed E-state index contributed by atoms with van der Waals surface area (Å²) in [5, 5.41) is 6.05. The van der Waals surface area contributed by atoms with Crippen LogP contribution in [0.2, 0.25) is 6.04 Å². The fraction of sp³-hybridized carbons (Fsp3) is 0.571. The van der Waals surface area contributed by atoms with Crippen molar-refractivity contribution in [2.75, 3.05) is 41.0 Å². The normalized spacial score (nSPS) is 15.5. The van der Waals surface area contributed by atoms with Crippen molar-refractivity contribution in [3.8, 4) is 0 Å². The zero-order chi connectivity index (χ0) is 17.3. The number of rotatable bonds is 11. The molecule has 0 heterocycles. The molecule has 0 saturated carbocycles. The van der Waals surface area contributed by atoms with Crippen LogP contribution in [0.15, 0.2) is 22.9 Å². The summed E-state index contributed by atoms with van der Waals surface area (Å²) in [6, 6.07) is 0.714. The van der Waals surface area contributed by atoms with Crippen LogP contribution in [0.3, 0.4) is 0 Å². The Labute approximate surface area is 142 Å². The molecule has 0 bridgehead atoms. The SMILES string of the molecule is CO[Si](CCCNCCNC1=C(Cl)C(=O)C=CC1=O)(OC)OC. The van der Waals surface area contributed by atoms with Gasteiger partial charge in [-0.3, -0.25) is 9.59 Å². The molecule has 0 saturated heterocycles. The molecule has 0 fully saturated rings. The Morgan fingerprint density at radius 1 is 1.00 bits per heavy atom. The lowest BCUT2D eigenvalue weighted by atomic mass is 10.1. The third-order valence-electron chi connectivity index (χ3n) is 3.44. The molecule has 130 valence electrons. The molecule has 0 aromatic heterocycles. The molecule has 7 nitrogen and oxygen atoms in total. The summed E-state index contributed by atoms with van der Waals surface area (Å²) in [5.41, 5.74) is 0.158. The summed E-state index contributed by atoms with van der Waals surface area (Å²) in [6.07, 6.45) is 3.23. The summed E-state index contributed by atoms with van der Waals surface area (Å²) in [5.74, 6) is -0.646. The summed E-state index contributed by atoms with van der Waals surface area (Å²) >= 11 is 5.83. The molecule has 0 aliphatic heterocycles. The van der Waals surface area contributed by atoms with Gasteiger partial charge in [0.05, 0.1) is 0 Å². The van der Waals surface area contributed by atoms with E-state index >= 15 is 0 Å². The van der Waals surface area contributed by atoms with E-state index in [1.807, 2.05) is 0 Å². The number of allylic oxidation sites excluding steroid dienone is 3. The average Bonchev–Trinajstić information content (AvgIpc) is 2.57. The zero-order valence-corrected chi connectivity index (χ0v) is 15.4. The number of hydrogen-bond acceptors (Lipinski definition) is 7. The van der Waals surface area contributed by atoms with Gasteiger partial charge in [-0.15, -0.1) is 0 Å². The second-order valence-corrected chi connectivity index (χ2v) is 8.30. The minimum Gasteiger partial charge on any atom is -0.379 e. The molecule has 23 heavy (non-hydrogen) atoms. The molecule has 0 spiro atoms. The monoisotopic (exact) mass is 362 g/mol. The van der Waals surface area contributed by atoms with E-state index in [-0.39, 0.29) is 22.3 Å². The third kappa shape index (κ3) is 5.83. The number of hydrogen-bond donors (Lipinski definition) is 2. The Balaban J connectivity index is 2.23. The first-order chi connectivity index (χ1) is 11.0. The maximum atomic E-state index is 11.6. The van der Waals surface area contributed by atoms with Crippen LogP contribution in [-0.2, 0) is 22.9 Å². The molecule has 0 unspecified atom stereocenters. The van der Waals surface area contributed by atoms with Crippen molar-refractivity contribution in [1.29, 1.82) is 0 Å². The molecule has 0 radical (unpaired) electrons. The summed E-state index contributed by atoms with van der Waals surface area (Å²) in [7, 11) is 2.26. The third-order valence-corrected chi connectivity index (χ3v) is 6.65. The largest absolute Gasteiger partial charge is 0.500 e. The molecule has 2 N–H and O–H groups in total. The van der Waals surface area contributed by atoms with Crippen molar-refractivity contribution in [2.24, 2.45) is 0 Å². The van der Waals surface area contributed by atoms with E-state index in [4.69, 9.17) is 24.9 Å². The minimum atomic E-state index is -2.51. The van der Waals surface area contributed by atoms with Gasteiger partial charge in [-0.05, 0) is 25.1 Å². The Morgan fingerprint density at radius 3 is 2.22 bits per heavy atom. The minimum absolute atomic E-state index is 0.0615. The molecule has 1 aliphatic rings. The van der Waals surface area contributed by atoms with Gasteiger partial charge >= 0.3 is 8.80 Å². The lowest BCUT2D eigenvalue weighted by Crippen LogP contribution is -2.43. The van der Waals surface area contributed by atoms with Crippen LogP contribution in [0.1, 0.15) is 6.42 Å². The highest BCUT2D eigenvalue weighted by Gasteiger charge is 2.36. The number of carbonyl (C=O) groups excluding carboxylic acids is 2. The van der Waals surface area contributed by atoms with Crippen LogP contribution in [-0.4, -0.2) is 61.3 Å². The average molecular weight is 363 g/mol. The maximum Gasteiger partial charge on any atom is 0.500 e. The molecule has 0 aromatic carbocycles. The highest BCUT2D eigenvalue weighted by molar-refractivity contribution is 6.60. The second kappa shape index (κ2) is 9.96. The smallest absolute Gasteiger partial charge is 0.379 e. The van der Waals surface area contributed by atoms with Gasteiger partial charge in [-0.2, -0.15) is 0 Å². The first-order valence-electron chi connectivity index (χ1n) is 7.26. The van der Waals surface area contributed by atoms with E-state index in [9.17, 15) is 9.59 Å². The highest BCUT2D eigenvalue weighted by atomic mass is 35.5. The quantitative estimate of drug-likeness (QED) is 0.316. The fourth-order valence-corrected chi connectivity index (χ4v) is 4.04. The fourth-order valence-electron chi connectivity index (χ4n) is 2.09. The molecule has 0 amide bonds. The molecular formula is C14H23ClN2O5Si. The van der Waals surface area contributed by atoms with E-state index in [1.54, 1.807) is 21.3 Å². The zero-order valence-electron chi connectivity index (χ0n) is 13.6. The van der Waals surface area contributed by atoms with Gasteiger partial charge in [0.1, 0.15) is 10.7 Å². The molecule has 0 atom stereocenters. The topological polar surface area (TPSA) is 85.9 Å². The molecule has 1 rings (SSSR count). The maximum absolute atomic E-state index is 11.6. The lowest BCUT2D eigenvalue weighted by Gasteiger charge is -2.24. The molecule has 0 aromatic rings. The Hall–Kier alpha value is -1.03. The van der Waals surface area contributed by atoms with Gasteiger partial charge in [-0.1, -0.05) is 11.6 Å². The summed E-state index contributed by atoms with van der Waals surface area (Å²) in [6.45, 7) is 1.87. The van der Waals surface area contributed by atoms with Crippen molar-refractivity contribution in [3.63, 3.8) is 0 Å². The van der Waals surface area contributed by atoms with Crippen LogP contribution in [0, 0.1) is 0 Å². The molecular weight excluding hydrogens is 340 g/mol. The summed E-state index contributed by atoms with van der Waals surface area (Å²) < 4.78 is 16.0. The van der Waals surface area contributed by atoms with Crippen molar-refractivity contribution >= 4 is 32.0 Å². The molecule has 1 aliphatic carbocycles. The Bertz CT molecular complexity index is 483. The summed E-state index contributed by atoms with van der Waals surface area (Å²) in [4.78, 5) is 23.0. The van der Waals surface area contributed by atoms with Gasteiger partial charge in [0.25, 0.3) is 0 Å². The number of halogens is 1. The van der Waals surface area contributed by atoms with E-state index < -0.39 is 8.80 Å². The second-order valence-electron chi connectivity index (χ2n) is 4.83. The highest BCUT2D eigenvalue weighted by Crippen LogP contribution is 2.15. The van der Waals surface area contributed by atoms with Crippen molar-refractivity contribution < 1.29 is 22.9 Å². The standard InChI is InChI=1S/C14H23ClN2O5Si/c1-20-23(21-2,22-3)10-4-7-16-8-9-17-14-12(19)6-5-11(18)13(14)15/h5-6,16-17H,4,7-10H2,1-3H3. The molecule has 9 heteroatoms. The Kier molecular flexibility index (Phi) is 8.67.